The second kappa shape index (κ2) is 5.44. The van der Waals surface area contributed by atoms with Gasteiger partial charge in [-0.3, -0.25) is 0 Å². The molecule has 1 aliphatic carbocycles. The zero-order chi connectivity index (χ0) is 13.2. The van der Waals surface area contributed by atoms with Crippen LogP contribution in [-0.4, -0.2) is 10.7 Å². The average molecular weight is 246 g/mol. The molecule has 1 aromatic rings. The minimum Gasteiger partial charge on any atom is -0.390 e. The fourth-order valence-electron chi connectivity index (χ4n) is 3.09. The Labute approximate surface area is 111 Å². The second-order valence-electron chi connectivity index (χ2n) is 6.17. The fraction of sp³-hybridized carbons (Fsp3) is 0.647. The van der Waals surface area contributed by atoms with Crippen molar-refractivity contribution in [3.05, 3.63) is 34.9 Å². The Bertz CT molecular complexity index is 400. The third-order valence-corrected chi connectivity index (χ3v) is 4.72. The standard InChI is InChI=1S/C17H26O/c1-4-15-7-9-17(18,10-8-15)12-16-6-5-13(2)14(3)11-16/h5-6,11,15,18H,4,7-10,12H2,1-3H3. The van der Waals surface area contributed by atoms with Crippen molar-refractivity contribution in [3.8, 4) is 0 Å². The summed E-state index contributed by atoms with van der Waals surface area (Å²) < 4.78 is 0. The Hall–Kier alpha value is -0.820. The van der Waals surface area contributed by atoms with E-state index in [2.05, 4.69) is 39.0 Å². The molecule has 18 heavy (non-hydrogen) atoms. The van der Waals surface area contributed by atoms with E-state index in [4.69, 9.17) is 0 Å². The third kappa shape index (κ3) is 3.14. The molecule has 0 unspecified atom stereocenters. The first-order valence-corrected chi connectivity index (χ1v) is 7.31. The molecule has 2 rings (SSSR count). The maximum atomic E-state index is 10.7. The van der Waals surface area contributed by atoms with Gasteiger partial charge in [-0.2, -0.15) is 0 Å². The smallest absolute Gasteiger partial charge is 0.0688 e. The molecule has 0 spiro atoms. The van der Waals surface area contributed by atoms with Crippen LogP contribution in [0.1, 0.15) is 55.7 Å². The average Bonchev–Trinajstić information content (AvgIpc) is 2.35. The van der Waals surface area contributed by atoms with Gasteiger partial charge < -0.3 is 5.11 Å². The van der Waals surface area contributed by atoms with Crippen molar-refractivity contribution < 1.29 is 5.11 Å². The molecule has 0 bridgehead atoms. The first kappa shape index (κ1) is 13.6. The molecule has 0 aromatic heterocycles. The largest absolute Gasteiger partial charge is 0.390 e. The van der Waals surface area contributed by atoms with Crippen molar-refractivity contribution in [3.63, 3.8) is 0 Å². The van der Waals surface area contributed by atoms with Crippen LogP contribution in [0, 0.1) is 19.8 Å². The number of benzene rings is 1. The van der Waals surface area contributed by atoms with Gasteiger partial charge in [-0.15, -0.1) is 0 Å². The number of hydrogen-bond acceptors (Lipinski definition) is 1. The topological polar surface area (TPSA) is 20.2 Å². The van der Waals surface area contributed by atoms with Crippen LogP contribution in [0.4, 0.5) is 0 Å². The van der Waals surface area contributed by atoms with E-state index in [9.17, 15) is 5.11 Å². The molecule has 0 heterocycles. The first-order valence-electron chi connectivity index (χ1n) is 7.31. The predicted molar refractivity (Wildman–Crippen MR) is 76.8 cm³/mol. The molecule has 1 nitrogen and oxygen atoms in total. The molecule has 0 atom stereocenters. The van der Waals surface area contributed by atoms with Crippen molar-refractivity contribution in [1.82, 2.24) is 0 Å². The van der Waals surface area contributed by atoms with Gasteiger partial charge >= 0.3 is 0 Å². The summed E-state index contributed by atoms with van der Waals surface area (Å²) in [5.74, 6) is 0.838. The van der Waals surface area contributed by atoms with Crippen LogP contribution in [0.3, 0.4) is 0 Å². The van der Waals surface area contributed by atoms with Crippen molar-refractivity contribution in [2.24, 2.45) is 5.92 Å². The summed E-state index contributed by atoms with van der Waals surface area (Å²) >= 11 is 0. The Balaban J connectivity index is 2.02. The van der Waals surface area contributed by atoms with Crippen molar-refractivity contribution >= 4 is 0 Å². The summed E-state index contributed by atoms with van der Waals surface area (Å²) in [6, 6.07) is 6.58. The van der Waals surface area contributed by atoms with E-state index in [0.717, 1.165) is 25.2 Å². The highest BCUT2D eigenvalue weighted by atomic mass is 16.3. The van der Waals surface area contributed by atoms with Gasteiger partial charge in [0.05, 0.1) is 5.60 Å². The van der Waals surface area contributed by atoms with Gasteiger partial charge in [0.15, 0.2) is 0 Å². The van der Waals surface area contributed by atoms with E-state index in [1.165, 1.54) is 36.0 Å². The minimum atomic E-state index is -0.451. The van der Waals surface area contributed by atoms with E-state index in [-0.39, 0.29) is 0 Å². The van der Waals surface area contributed by atoms with E-state index in [1.807, 2.05) is 0 Å². The molecule has 1 heteroatoms. The highest BCUT2D eigenvalue weighted by Gasteiger charge is 2.32. The highest BCUT2D eigenvalue weighted by Crippen LogP contribution is 2.35. The summed E-state index contributed by atoms with van der Waals surface area (Å²) in [6.45, 7) is 6.55. The van der Waals surface area contributed by atoms with Crippen LogP contribution in [0.2, 0.25) is 0 Å². The molecular weight excluding hydrogens is 220 g/mol. The molecule has 100 valence electrons. The van der Waals surface area contributed by atoms with Crippen LogP contribution in [0.5, 0.6) is 0 Å². The summed E-state index contributed by atoms with van der Waals surface area (Å²) in [6.07, 6.45) is 6.41. The summed E-state index contributed by atoms with van der Waals surface area (Å²) in [5.41, 5.74) is 3.50. The first-order chi connectivity index (χ1) is 8.52. The Morgan fingerprint density at radius 2 is 1.83 bits per heavy atom. The molecule has 1 aromatic carbocycles. The molecule has 0 radical (unpaired) electrons. The molecule has 1 saturated carbocycles. The van der Waals surface area contributed by atoms with Gasteiger partial charge in [-0.1, -0.05) is 31.5 Å². The van der Waals surface area contributed by atoms with E-state index >= 15 is 0 Å². The van der Waals surface area contributed by atoms with Crippen molar-refractivity contribution in [2.45, 2.75) is 64.9 Å². The molecule has 1 fully saturated rings. The van der Waals surface area contributed by atoms with Crippen LogP contribution < -0.4 is 0 Å². The summed E-state index contributed by atoms with van der Waals surface area (Å²) in [5, 5.41) is 10.7. The normalized spacial score (nSPS) is 28.3. The lowest BCUT2D eigenvalue weighted by molar-refractivity contribution is -0.00922. The lowest BCUT2D eigenvalue weighted by atomic mass is 9.75. The lowest BCUT2D eigenvalue weighted by Gasteiger charge is -2.36. The SMILES string of the molecule is CCC1CCC(O)(Cc2ccc(C)c(C)c2)CC1. The maximum Gasteiger partial charge on any atom is 0.0688 e. The van der Waals surface area contributed by atoms with Gasteiger partial charge in [0.2, 0.25) is 0 Å². The van der Waals surface area contributed by atoms with Crippen LogP contribution in [0.25, 0.3) is 0 Å². The Morgan fingerprint density at radius 1 is 1.17 bits per heavy atom. The zero-order valence-electron chi connectivity index (χ0n) is 12.0. The predicted octanol–water partition coefficient (Wildman–Crippen LogP) is 4.18. The lowest BCUT2D eigenvalue weighted by Crippen LogP contribution is -2.36. The third-order valence-electron chi connectivity index (χ3n) is 4.72. The van der Waals surface area contributed by atoms with Crippen molar-refractivity contribution in [1.29, 1.82) is 0 Å². The van der Waals surface area contributed by atoms with Crippen LogP contribution in [-0.2, 0) is 6.42 Å². The zero-order valence-corrected chi connectivity index (χ0v) is 12.0. The molecule has 1 aliphatic rings. The van der Waals surface area contributed by atoms with Gasteiger partial charge in [0, 0.05) is 6.42 Å². The fourth-order valence-corrected chi connectivity index (χ4v) is 3.09. The quantitative estimate of drug-likeness (QED) is 0.848. The number of aliphatic hydroxyl groups is 1. The van der Waals surface area contributed by atoms with Gasteiger partial charge in [0.1, 0.15) is 0 Å². The van der Waals surface area contributed by atoms with Crippen LogP contribution >= 0.6 is 0 Å². The van der Waals surface area contributed by atoms with Gasteiger partial charge in [-0.25, -0.2) is 0 Å². The summed E-state index contributed by atoms with van der Waals surface area (Å²) in [4.78, 5) is 0. The molecule has 0 amide bonds. The van der Waals surface area contributed by atoms with E-state index < -0.39 is 5.60 Å². The van der Waals surface area contributed by atoms with E-state index in [0.29, 0.717) is 0 Å². The van der Waals surface area contributed by atoms with Gasteiger partial charge in [-0.05, 0) is 62.1 Å². The molecule has 1 N–H and O–H groups in total. The Morgan fingerprint density at radius 3 is 2.39 bits per heavy atom. The Kier molecular flexibility index (Phi) is 4.11. The van der Waals surface area contributed by atoms with Crippen molar-refractivity contribution in [2.75, 3.05) is 0 Å². The minimum absolute atomic E-state index is 0.451. The highest BCUT2D eigenvalue weighted by molar-refractivity contribution is 5.30. The maximum absolute atomic E-state index is 10.7. The van der Waals surface area contributed by atoms with Gasteiger partial charge in [0.25, 0.3) is 0 Å². The number of hydrogen-bond donors (Lipinski definition) is 1. The molecule has 0 saturated heterocycles. The number of rotatable bonds is 3. The second-order valence-corrected chi connectivity index (χ2v) is 6.17. The molecular formula is C17H26O. The summed E-state index contributed by atoms with van der Waals surface area (Å²) in [7, 11) is 0. The molecule has 0 aliphatic heterocycles. The monoisotopic (exact) mass is 246 g/mol. The van der Waals surface area contributed by atoms with E-state index in [1.54, 1.807) is 0 Å². The number of aryl methyl sites for hydroxylation is 2. The van der Waals surface area contributed by atoms with Crippen LogP contribution in [0.15, 0.2) is 18.2 Å².